The van der Waals surface area contributed by atoms with E-state index < -0.39 is 0 Å². The van der Waals surface area contributed by atoms with Crippen LogP contribution in [0.2, 0.25) is 0 Å². The van der Waals surface area contributed by atoms with Crippen LogP contribution in [0.4, 0.5) is 0 Å². The Balaban J connectivity index is 2.57. The van der Waals surface area contributed by atoms with Crippen LogP contribution in [-0.4, -0.2) is 13.1 Å². The molecule has 1 aromatic rings. The van der Waals surface area contributed by atoms with Gasteiger partial charge in [0.1, 0.15) is 0 Å². The van der Waals surface area contributed by atoms with Crippen LogP contribution in [0.15, 0.2) is 18.2 Å². The van der Waals surface area contributed by atoms with Crippen molar-refractivity contribution in [1.29, 1.82) is 0 Å². The number of nitrogens with one attached hydrogen (secondary N) is 1. The second-order valence-electron chi connectivity index (χ2n) is 4.43. The molecule has 0 amide bonds. The fraction of sp³-hybridized carbons (Fsp3) is 0.571. The van der Waals surface area contributed by atoms with Crippen LogP contribution in [0, 0.1) is 13.8 Å². The minimum Gasteiger partial charge on any atom is -0.317 e. The quantitative estimate of drug-likeness (QED) is 0.778. The Morgan fingerprint density at radius 1 is 1.13 bits per heavy atom. The Bertz CT molecular complexity index is 280. The first-order valence-corrected chi connectivity index (χ1v) is 5.90. The van der Waals surface area contributed by atoms with Crippen LogP contribution >= 0.6 is 0 Å². The molecule has 15 heavy (non-hydrogen) atoms. The summed E-state index contributed by atoms with van der Waals surface area (Å²) in [6.45, 7) is 6.58. The van der Waals surface area contributed by atoms with E-state index in [1.807, 2.05) is 0 Å². The van der Waals surface area contributed by atoms with E-state index in [0.717, 1.165) is 0 Å². The molecule has 1 N–H and O–H groups in total. The highest BCUT2D eigenvalue weighted by atomic mass is 14.9. The van der Waals surface area contributed by atoms with Gasteiger partial charge in [0.2, 0.25) is 0 Å². The monoisotopic (exact) mass is 205 g/mol. The van der Waals surface area contributed by atoms with Gasteiger partial charge in [-0.05, 0) is 45.7 Å². The molecule has 0 fully saturated rings. The fourth-order valence-electron chi connectivity index (χ4n) is 2.11. The van der Waals surface area contributed by atoms with E-state index in [0.29, 0.717) is 6.04 Å². The van der Waals surface area contributed by atoms with Crippen molar-refractivity contribution in [2.45, 2.75) is 46.1 Å². The SMILES string of the molecule is CCC(CCc1cc(C)cc(C)c1)NC. The maximum Gasteiger partial charge on any atom is 0.00646 e. The molecule has 1 unspecified atom stereocenters. The van der Waals surface area contributed by atoms with Crippen molar-refractivity contribution in [3.05, 3.63) is 34.9 Å². The van der Waals surface area contributed by atoms with Crippen LogP contribution < -0.4 is 5.32 Å². The molecule has 0 aromatic heterocycles. The average molecular weight is 205 g/mol. The van der Waals surface area contributed by atoms with Crippen molar-refractivity contribution >= 4 is 0 Å². The first kappa shape index (κ1) is 12.3. The molecule has 1 rings (SSSR count). The molecule has 1 atom stereocenters. The molecule has 0 saturated carbocycles. The lowest BCUT2D eigenvalue weighted by Crippen LogP contribution is -2.24. The van der Waals surface area contributed by atoms with Gasteiger partial charge in [-0.15, -0.1) is 0 Å². The lowest BCUT2D eigenvalue weighted by atomic mass is 10.0. The Hall–Kier alpha value is -0.820. The van der Waals surface area contributed by atoms with Gasteiger partial charge >= 0.3 is 0 Å². The molecular formula is C14H23N. The van der Waals surface area contributed by atoms with E-state index in [-0.39, 0.29) is 0 Å². The first-order chi connectivity index (χ1) is 7.15. The third-order valence-electron chi connectivity index (χ3n) is 2.96. The highest BCUT2D eigenvalue weighted by molar-refractivity contribution is 5.28. The molecule has 1 aromatic carbocycles. The zero-order chi connectivity index (χ0) is 11.3. The maximum atomic E-state index is 3.35. The molecule has 1 heteroatoms. The number of hydrogen-bond donors (Lipinski definition) is 1. The lowest BCUT2D eigenvalue weighted by molar-refractivity contribution is 0.509. The minimum atomic E-state index is 0.658. The van der Waals surface area contributed by atoms with Crippen molar-refractivity contribution in [1.82, 2.24) is 5.32 Å². The second kappa shape index (κ2) is 5.92. The van der Waals surface area contributed by atoms with E-state index >= 15 is 0 Å². The maximum absolute atomic E-state index is 3.35. The molecule has 0 aliphatic heterocycles. The second-order valence-corrected chi connectivity index (χ2v) is 4.43. The van der Waals surface area contributed by atoms with Crippen LogP contribution in [0.5, 0.6) is 0 Å². The summed E-state index contributed by atoms with van der Waals surface area (Å²) < 4.78 is 0. The zero-order valence-electron chi connectivity index (χ0n) is 10.4. The predicted molar refractivity (Wildman–Crippen MR) is 67.4 cm³/mol. The minimum absolute atomic E-state index is 0.658. The summed E-state index contributed by atoms with van der Waals surface area (Å²) in [5, 5.41) is 3.35. The zero-order valence-corrected chi connectivity index (χ0v) is 10.4. The Kier molecular flexibility index (Phi) is 4.83. The van der Waals surface area contributed by atoms with E-state index in [1.54, 1.807) is 0 Å². The normalized spacial score (nSPS) is 12.8. The molecule has 84 valence electrons. The molecule has 0 spiro atoms. The van der Waals surface area contributed by atoms with Gasteiger partial charge in [0.05, 0.1) is 0 Å². The third-order valence-corrected chi connectivity index (χ3v) is 2.96. The average Bonchev–Trinajstić information content (AvgIpc) is 2.18. The Morgan fingerprint density at radius 2 is 1.73 bits per heavy atom. The van der Waals surface area contributed by atoms with Crippen molar-refractivity contribution < 1.29 is 0 Å². The summed E-state index contributed by atoms with van der Waals surface area (Å²) in [7, 11) is 2.05. The van der Waals surface area contributed by atoms with Gasteiger partial charge in [0, 0.05) is 6.04 Å². The van der Waals surface area contributed by atoms with Crippen LogP contribution in [-0.2, 0) is 6.42 Å². The topological polar surface area (TPSA) is 12.0 Å². The highest BCUT2D eigenvalue weighted by Gasteiger charge is 2.03. The summed E-state index contributed by atoms with van der Waals surface area (Å²) in [4.78, 5) is 0. The van der Waals surface area contributed by atoms with E-state index in [1.165, 1.54) is 36.0 Å². The Morgan fingerprint density at radius 3 is 2.20 bits per heavy atom. The molecule has 0 bridgehead atoms. The highest BCUT2D eigenvalue weighted by Crippen LogP contribution is 2.12. The fourth-order valence-corrected chi connectivity index (χ4v) is 2.11. The molecule has 1 nitrogen and oxygen atoms in total. The summed E-state index contributed by atoms with van der Waals surface area (Å²) in [6.07, 6.45) is 3.62. The molecule has 0 aliphatic carbocycles. The summed E-state index contributed by atoms with van der Waals surface area (Å²) in [5.41, 5.74) is 4.23. The molecule has 0 heterocycles. The van der Waals surface area contributed by atoms with Gasteiger partial charge in [-0.2, -0.15) is 0 Å². The third kappa shape index (κ3) is 4.05. The van der Waals surface area contributed by atoms with Gasteiger partial charge in [-0.3, -0.25) is 0 Å². The number of hydrogen-bond acceptors (Lipinski definition) is 1. The number of aryl methyl sites for hydroxylation is 3. The van der Waals surface area contributed by atoms with Crippen LogP contribution in [0.3, 0.4) is 0 Å². The smallest absolute Gasteiger partial charge is 0.00646 e. The van der Waals surface area contributed by atoms with E-state index in [9.17, 15) is 0 Å². The van der Waals surface area contributed by atoms with Gasteiger partial charge in [-0.1, -0.05) is 36.2 Å². The standard InChI is InChI=1S/C14H23N/c1-5-14(15-4)7-6-13-9-11(2)8-12(3)10-13/h8-10,14-15H,5-7H2,1-4H3. The largest absolute Gasteiger partial charge is 0.317 e. The van der Waals surface area contributed by atoms with Crippen LogP contribution in [0.1, 0.15) is 36.5 Å². The summed E-state index contributed by atoms with van der Waals surface area (Å²) in [6, 6.07) is 7.50. The first-order valence-electron chi connectivity index (χ1n) is 5.90. The van der Waals surface area contributed by atoms with E-state index in [4.69, 9.17) is 0 Å². The van der Waals surface area contributed by atoms with Crippen molar-refractivity contribution in [3.8, 4) is 0 Å². The molecular weight excluding hydrogens is 182 g/mol. The van der Waals surface area contributed by atoms with Crippen LogP contribution in [0.25, 0.3) is 0 Å². The Labute approximate surface area is 93.9 Å². The van der Waals surface area contributed by atoms with Gasteiger partial charge in [-0.25, -0.2) is 0 Å². The van der Waals surface area contributed by atoms with Crippen molar-refractivity contribution in [2.24, 2.45) is 0 Å². The van der Waals surface area contributed by atoms with Crippen molar-refractivity contribution in [3.63, 3.8) is 0 Å². The van der Waals surface area contributed by atoms with Gasteiger partial charge in [0.25, 0.3) is 0 Å². The van der Waals surface area contributed by atoms with Gasteiger partial charge in [0.15, 0.2) is 0 Å². The van der Waals surface area contributed by atoms with Gasteiger partial charge < -0.3 is 5.32 Å². The summed E-state index contributed by atoms with van der Waals surface area (Å²) >= 11 is 0. The number of rotatable bonds is 5. The van der Waals surface area contributed by atoms with E-state index in [2.05, 4.69) is 51.3 Å². The molecule has 0 aliphatic rings. The van der Waals surface area contributed by atoms with Crippen molar-refractivity contribution in [2.75, 3.05) is 7.05 Å². The molecule has 0 saturated heterocycles. The predicted octanol–water partition coefficient (Wildman–Crippen LogP) is 3.23. The number of benzene rings is 1. The molecule has 0 radical (unpaired) electrons. The summed E-state index contributed by atoms with van der Waals surface area (Å²) in [5.74, 6) is 0. The lowest BCUT2D eigenvalue weighted by Gasteiger charge is -2.13.